The van der Waals surface area contributed by atoms with Crippen molar-refractivity contribution in [1.82, 2.24) is 25.5 Å². The predicted octanol–water partition coefficient (Wildman–Crippen LogP) is 1.10. The summed E-state index contributed by atoms with van der Waals surface area (Å²) < 4.78 is 6.88. The number of ether oxygens (including phenoxy) is 1. The fourth-order valence-electron chi connectivity index (χ4n) is 1.82. The maximum absolute atomic E-state index is 11.7. The molecule has 2 aromatic rings. The second-order valence-electron chi connectivity index (χ2n) is 4.60. The standard InChI is InChI=1S/C14H16N6O2S/c1-10-4-5-12(22-2)11(8-10)20-14(17-18-19-20)23-9-13(21)16-7-3-6-15/h4-5,8H,3,7,9H2,1-2H3,(H,16,21). The Hall–Kier alpha value is -2.60. The van der Waals surface area contributed by atoms with Gasteiger partial charge in [-0.2, -0.15) is 9.94 Å². The fourth-order valence-corrected chi connectivity index (χ4v) is 2.54. The molecule has 0 saturated carbocycles. The summed E-state index contributed by atoms with van der Waals surface area (Å²) in [5.41, 5.74) is 1.76. The lowest BCUT2D eigenvalue weighted by Gasteiger charge is -2.10. The van der Waals surface area contributed by atoms with E-state index < -0.39 is 0 Å². The van der Waals surface area contributed by atoms with Crippen molar-refractivity contribution in [2.75, 3.05) is 19.4 Å². The SMILES string of the molecule is COc1ccc(C)cc1-n1nnnc1SCC(=O)NCCC#N. The number of aromatic nitrogens is 4. The third-order valence-electron chi connectivity index (χ3n) is 2.89. The van der Waals surface area contributed by atoms with E-state index in [9.17, 15) is 4.79 Å². The number of thioether (sulfide) groups is 1. The number of methoxy groups -OCH3 is 1. The van der Waals surface area contributed by atoms with Crippen LogP contribution in [0, 0.1) is 18.3 Å². The number of nitrogens with one attached hydrogen (secondary N) is 1. The van der Waals surface area contributed by atoms with Crippen LogP contribution in [0.25, 0.3) is 5.69 Å². The Morgan fingerprint density at radius 1 is 1.52 bits per heavy atom. The highest BCUT2D eigenvalue weighted by Gasteiger charge is 2.15. The van der Waals surface area contributed by atoms with Crippen molar-refractivity contribution in [3.8, 4) is 17.5 Å². The molecule has 0 atom stereocenters. The van der Waals surface area contributed by atoms with Gasteiger partial charge in [0, 0.05) is 6.54 Å². The van der Waals surface area contributed by atoms with E-state index in [4.69, 9.17) is 10.00 Å². The third-order valence-corrected chi connectivity index (χ3v) is 3.81. The van der Waals surface area contributed by atoms with Crippen LogP contribution in [0.5, 0.6) is 5.75 Å². The number of nitrogens with zero attached hydrogens (tertiary/aromatic N) is 5. The number of nitriles is 1. The van der Waals surface area contributed by atoms with Crippen molar-refractivity contribution in [2.24, 2.45) is 0 Å². The van der Waals surface area contributed by atoms with Gasteiger partial charge in [-0.1, -0.05) is 17.8 Å². The van der Waals surface area contributed by atoms with Crippen LogP contribution in [-0.2, 0) is 4.79 Å². The molecular formula is C14H16N6O2S. The molecular weight excluding hydrogens is 316 g/mol. The van der Waals surface area contributed by atoms with Gasteiger partial charge in [0.15, 0.2) is 0 Å². The molecule has 0 unspecified atom stereocenters. The van der Waals surface area contributed by atoms with Crippen molar-refractivity contribution < 1.29 is 9.53 Å². The molecule has 0 aliphatic carbocycles. The van der Waals surface area contributed by atoms with Crippen LogP contribution in [-0.4, -0.2) is 45.5 Å². The van der Waals surface area contributed by atoms with Crippen LogP contribution in [0.4, 0.5) is 0 Å². The molecule has 1 N–H and O–H groups in total. The number of carbonyl (C=O) groups excluding carboxylic acids is 1. The number of tetrazole rings is 1. The minimum Gasteiger partial charge on any atom is -0.494 e. The molecule has 9 heteroatoms. The Morgan fingerprint density at radius 3 is 3.09 bits per heavy atom. The van der Waals surface area contributed by atoms with Gasteiger partial charge < -0.3 is 10.1 Å². The topological polar surface area (TPSA) is 106 Å². The van der Waals surface area contributed by atoms with Crippen molar-refractivity contribution in [2.45, 2.75) is 18.5 Å². The summed E-state index contributed by atoms with van der Waals surface area (Å²) >= 11 is 1.22. The molecule has 0 aliphatic rings. The Balaban J connectivity index is 2.10. The monoisotopic (exact) mass is 332 g/mol. The number of aryl methyl sites for hydroxylation is 1. The molecule has 120 valence electrons. The zero-order chi connectivity index (χ0) is 16.7. The fraction of sp³-hybridized carbons (Fsp3) is 0.357. The molecule has 0 spiro atoms. The molecule has 1 heterocycles. The highest BCUT2D eigenvalue weighted by molar-refractivity contribution is 7.99. The first-order chi connectivity index (χ1) is 11.2. The van der Waals surface area contributed by atoms with Crippen LogP contribution < -0.4 is 10.1 Å². The number of hydrogen-bond acceptors (Lipinski definition) is 7. The minimum atomic E-state index is -0.170. The Kier molecular flexibility index (Phi) is 5.94. The molecule has 23 heavy (non-hydrogen) atoms. The lowest BCUT2D eigenvalue weighted by Crippen LogP contribution is -2.26. The number of hydrogen-bond donors (Lipinski definition) is 1. The van der Waals surface area contributed by atoms with E-state index in [0.29, 0.717) is 23.1 Å². The third kappa shape index (κ3) is 4.43. The summed E-state index contributed by atoms with van der Waals surface area (Å²) in [7, 11) is 1.58. The quantitative estimate of drug-likeness (QED) is 0.598. The van der Waals surface area contributed by atoms with E-state index in [1.54, 1.807) is 11.8 Å². The average Bonchev–Trinajstić information content (AvgIpc) is 3.01. The van der Waals surface area contributed by atoms with Crippen LogP contribution in [0.1, 0.15) is 12.0 Å². The highest BCUT2D eigenvalue weighted by atomic mass is 32.2. The van der Waals surface area contributed by atoms with Crippen LogP contribution >= 0.6 is 11.8 Å². The van der Waals surface area contributed by atoms with Crippen molar-refractivity contribution in [1.29, 1.82) is 5.26 Å². The van der Waals surface area contributed by atoms with Gasteiger partial charge in [-0.15, -0.1) is 5.10 Å². The first-order valence-corrected chi connectivity index (χ1v) is 7.84. The molecule has 1 amide bonds. The zero-order valence-corrected chi connectivity index (χ0v) is 13.6. The van der Waals surface area contributed by atoms with Crippen LogP contribution in [0.3, 0.4) is 0 Å². The summed E-state index contributed by atoms with van der Waals surface area (Å²) in [6.07, 6.45) is 0.286. The molecule has 0 radical (unpaired) electrons. The van der Waals surface area contributed by atoms with Crippen LogP contribution in [0.15, 0.2) is 23.4 Å². The maximum atomic E-state index is 11.7. The second-order valence-corrected chi connectivity index (χ2v) is 5.54. The predicted molar refractivity (Wildman–Crippen MR) is 84.4 cm³/mol. The number of rotatable bonds is 7. The summed E-state index contributed by atoms with van der Waals surface area (Å²) in [5.74, 6) is 0.638. The summed E-state index contributed by atoms with van der Waals surface area (Å²) in [4.78, 5) is 11.7. The van der Waals surface area contributed by atoms with E-state index in [0.717, 1.165) is 5.56 Å². The number of benzene rings is 1. The van der Waals surface area contributed by atoms with Gasteiger partial charge in [0.25, 0.3) is 0 Å². The minimum absolute atomic E-state index is 0.167. The summed E-state index contributed by atoms with van der Waals surface area (Å²) in [6, 6.07) is 7.65. The number of carbonyl (C=O) groups is 1. The smallest absolute Gasteiger partial charge is 0.230 e. The normalized spacial score (nSPS) is 10.1. The summed E-state index contributed by atoms with van der Waals surface area (Å²) in [6.45, 7) is 2.30. The Labute approximate surface area is 137 Å². The van der Waals surface area contributed by atoms with Gasteiger partial charge in [0.05, 0.1) is 25.4 Å². The Bertz CT molecular complexity index is 724. The van der Waals surface area contributed by atoms with Crippen molar-refractivity contribution in [3.05, 3.63) is 23.8 Å². The first kappa shape index (κ1) is 16.8. The maximum Gasteiger partial charge on any atom is 0.230 e. The largest absolute Gasteiger partial charge is 0.494 e. The van der Waals surface area contributed by atoms with E-state index in [-0.39, 0.29) is 18.1 Å². The molecule has 1 aromatic carbocycles. The lowest BCUT2D eigenvalue weighted by atomic mass is 10.2. The molecule has 0 saturated heterocycles. The first-order valence-electron chi connectivity index (χ1n) is 6.85. The van der Waals surface area contributed by atoms with E-state index in [1.165, 1.54) is 11.8 Å². The number of amides is 1. The zero-order valence-electron chi connectivity index (χ0n) is 12.8. The van der Waals surface area contributed by atoms with E-state index >= 15 is 0 Å². The van der Waals surface area contributed by atoms with E-state index in [2.05, 4.69) is 20.8 Å². The van der Waals surface area contributed by atoms with Crippen molar-refractivity contribution >= 4 is 17.7 Å². The molecule has 2 rings (SSSR count). The molecule has 0 aliphatic heterocycles. The van der Waals surface area contributed by atoms with Gasteiger partial charge >= 0.3 is 0 Å². The van der Waals surface area contributed by atoms with E-state index in [1.807, 2.05) is 31.2 Å². The second kappa shape index (κ2) is 8.14. The van der Waals surface area contributed by atoms with Gasteiger partial charge in [0.2, 0.25) is 11.1 Å². The Morgan fingerprint density at radius 2 is 2.35 bits per heavy atom. The van der Waals surface area contributed by atoms with Crippen LogP contribution in [0.2, 0.25) is 0 Å². The van der Waals surface area contributed by atoms with Gasteiger partial charge in [-0.05, 0) is 35.0 Å². The molecule has 8 nitrogen and oxygen atoms in total. The molecule has 0 bridgehead atoms. The molecule has 0 fully saturated rings. The van der Waals surface area contributed by atoms with Crippen molar-refractivity contribution in [3.63, 3.8) is 0 Å². The lowest BCUT2D eigenvalue weighted by molar-refractivity contribution is -0.118. The molecule has 1 aromatic heterocycles. The summed E-state index contributed by atoms with van der Waals surface area (Å²) in [5, 5.41) is 23.2. The van der Waals surface area contributed by atoms with Gasteiger partial charge in [-0.3, -0.25) is 4.79 Å². The van der Waals surface area contributed by atoms with Gasteiger partial charge in [0.1, 0.15) is 11.4 Å². The average molecular weight is 332 g/mol. The highest BCUT2D eigenvalue weighted by Crippen LogP contribution is 2.26. The van der Waals surface area contributed by atoms with Gasteiger partial charge in [-0.25, -0.2) is 0 Å².